The van der Waals surface area contributed by atoms with Crippen LogP contribution in [-0.4, -0.2) is 30.5 Å². The van der Waals surface area contributed by atoms with E-state index in [0.717, 1.165) is 53.2 Å². The predicted molar refractivity (Wildman–Crippen MR) is 108 cm³/mol. The second-order valence-corrected chi connectivity index (χ2v) is 7.24. The lowest BCUT2D eigenvalue weighted by molar-refractivity contribution is 0.0931. The molecule has 0 bridgehead atoms. The molecule has 1 aromatic carbocycles. The fraction of sp³-hybridized carbons (Fsp3) is 0.227. The molecular formula is C22H20N6O. The number of carbonyl (C=O) groups is 1. The molecule has 1 N–H and O–H groups in total. The summed E-state index contributed by atoms with van der Waals surface area (Å²) in [6, 6.07) is 11.7. The lowest BCUT2D eigenvalue weighted by atomic mass is 9.92. The van der Waals surface area contributed by atoms with Crippen molar-refractivity contribution in [1.29, 1.82) is 0 Å². The third kappa shape index (κ3) is 3.14. The molecule has 0 spiro atoms. The van der Waals surface area contributed by atoms with E-state index in [1.807, 2.05) is 49.5 Å². The molecule has 1 atom stereocenters. The molecular weight excluding hydrogens is 364 g/mol. The highest BCUT2D eigenvalue weighted by Crippen LogP contribution is 2.30. The Bertz CT molecular complexity index is 1200. The van der Waals surface area contributed by atoms with Crippen molar-refractivity contribution in [3.63, 3.8) is 0 Å². The molecule has 0 radical (unpaired) electrons. The molecule has 144 valence electrons. The molecule has 7 heteroatoms. The minimum absolute atomic E-state index is 0.108. The molecule has 0 fully saturated rings. The monoisotopic (exact) mass is 384 g/mol. The van der Waals surface area contributed by atoms with Crippen LogP contribution in [0, 0.1) is 6.92 Å². The summed E-state index contributed by atoms with van der Waals surface area (Å²) in [6.07, 6.45) is 7.87. The first-order chi connectivity index (χ1) is 14.2. The highest BCUT2D eigenvalue weighted by molar-refractivity contribution is 5.95. The number of fused-ring (bicyclic) bond motifs is 2. The molecule has 4 aromatic rings. The van der Waals surface area contributed by atoms with Crippen molar-refractivity contribution >= 4 is 11.6 Å². The standard InChI is InChI=1S/C22H20N6O/c1-14-16(12-23-20-10-11-25-28(14)20)22(29)27-19-9-5-8-18-17(19)13-24-21(26-18)15-6-3-2-4-7-15/h2-4,6-7,10-13,19H,5,8-9H2,1H3,(H,27,29). The number of aromatic nitrogens is 5. The van der Waals surface area contributed by atoms with Gasteiger partial charge < -0.3 is 5.32 Å². The number of amides is 1. The van der Waals surface area contributed by atoms with Crippen LogP contribution in [0.1, 0.15) is 46.2 Å². The van der Waals surface area contributed by atoms with Crippen molar-refractivity contribution in [2.45, 2.75) is 32.2 Å². The van der Waals surface area contributed by atoms with Gasteiger partial charge in [0.2, 0.25) is 0 Å². The van der Waals surface area contributed by atoms with Gasteiger partial charge in [0.1, 0.15) is 0 Å². The quantitative estimate of drug-likeness (QED) is 0.586. The van der Waals surface area contributed by atoms with Crippen LogP contribution >= 0.6 is 0 Å². The number of nitrogens with one attached hydrogen (secondary N) is 1. The van der Waals surface area contributed by atoms with Gasteiger partial charge in [-0.2, -0.15) is 5.10 Å². The molecule has 7 nitrogen and oxygen atoms in total. The zero-order valence-corrected chi connectivity index (χ0v) is 16.0. The maximum Gasteiger partial charge on any atom is 0.255 e. The van der Waals surface area contributed by atoms with Crippen LogP contribution in [0.2, 0.25) is 0 Å². The maximum absolute atomic E-state index is 13.0. The smallest absolute Gasteiger partial charge is 0.255 e. The van der Waals surface area contributed by atoms with Crippen LogP contribution < -0.4 is 5.32 Å². The van der Waals surface area contributed by atoms with E-state index in [2.05, 4.69) is 20.4 Å². The number of aryl methyl sites for hydroxylation is 2. The van der Waals surface area contributed by atoms with Gasteiger partial charge in [0.25, 0.3) is 5.91 Å². The molecule has 0 saturated heterocycles. The van der Waals surface area contributed by atoms with Gasteiger partial charge in [-0.25, -0.2) is 19.5 Å². The van der Waals surface area contributed by atoms with Gasteiger partial charge in [0.15, 0.2) is 11.5 Å². The zero-order chi connectivity index (χ0) is 19.8. The van der Waals surface area contributed by atoms with E-state index in [9.17, 15) is 4.79 Å². The van der Waals surface area contributed by atoms with Gasteiger partial charge in [-0.3, -0.25) is 4.79 Å². The van der Waals surface area contributed by atoms with Gasteiger partial charge in [0.05, 0.1) is 23.5 Å². The second kappa shape index (κ2) is 7.09. The van der Waals surface area contributed by atoms with E-state index in [0.29, 0.717) is 5.56 Å². The lowest BCUT2D eigenvalue weighted by Gasteiger charge is -2.26. The SMILES string of the molecule is Cc1c(C(=O)NC2CCCc3nc(-c4ccccc4)ncc32)cnc2ccnn12. The first kappa shape index (κ1) is 17.5. The topological polar surface area (TPSA) is 85.1 Å². The van der Waals surface area contributed by atoms with Crippen molar-refractivity contribution < 1.29 is 4.79 Å². The number of rotatable bonds is 3. The van der Waals surface area contributed by atoms with Gasteiger partial charge in [-0.15, -0.1) is 0 Å². The van der Waals surface area contributed by atoms with E-state index < -0.39 is 0 Å². The van der Waals surface area contributed by atoms with Gasteiger partial charge in [-0.1, -0.05) is 30.3 Å². The van der Waals surface area contributed by atoms with E-state index in [1.54, 1.807) is 16.9 Å². The summed E-state index contributed by atoms with van der Waals surface area (Å²) in [5.74, 6) is 0.567. The first-order valence-electron chi connectivity index (χ1n) is 9.72. The van der Waals surface area contributed by atoms with E-state index >= 15 is 0 Å². The van der Waals surface area contributed by atoms with Crippen LogP contribution in [0.5, 0.6) is 0 Å². The number of hydrogen-bond acceptors (Lipinski definition) is 5. The zero-order valence-electron chi connectivity index (χ0n) is 16.0. The summed E-state index contributed by atoms with van der Waals surface area (Å²) in [7, 11) is 0. The normalized spacial score (nSPS) is 15.8. The van der Waals surface area contributed by atoms with Crippen molar-refractivity contribution in [1.82, 2.24) is 29.9 Å². The Kier molecular flexibility index (Phi) is 4.27. The fourth-order valence-electron chi connectivity index (χ4n) is 3.87. The second-order valence-electron chi connectivity index (χ2n) is 7.24. The number of hydrogen-bond donors (Lipinski definition) is 1. The average Bonchev–Trinajstić information content (AvgIpc) is 3.24. The Labute approximate surface area is 167 Å². The van der Waals surface area contributed by atoms with Crippen LogP contribution in [-0.2, 0) is 6.42 Å². The van der Waals surface area contributed by atoms with Crippen molar-refractivity contribution in [2.24, 2.45) is 0 Å². The first-order valence-corrected chi connectivity index (χ1v) is 9.72. The lowest BCUT2D eigenvalue weighted by Crippen LogP contribution is -2.32. The van der Waals surface area contributed by atoms with Crippen LogP contribution in [0.15, 0.2) is 55.0 Å². The molecule has 29 heavy (non-hydrogen) atoms. The molecule has 1 aliphatic carbocycles. The summed E-state index contributed by atoms with van der Waals surface area (Å²) in [5.41, 5.74) is 5.02. The molecule has 5 rings (SSSR count). The Morgan fingerprint density at radius 2 is 2.00 bits per heavy atom. The molecule has 1 amide bonds. The van der Waals surface area contributed by atoms with Crippen molar-refractivity contribution in [3.05, 3.63) is 77.5 Å². The fourth-order valence-corrected chi connectivity index (χ4v) is 3.87. The summed E-state index contributed by atoms with van der Waals surface area (Å²) in [5, 5.41) is 7.38. The molecule has 1 unspecified atom stereocenters. The van der Waals surface area contributed by atoms with E-state index in [-0.39, 0.29) is 11.9 Å². The Balaban J connectivity index is 1.43. The van der Waals surface area contributed by atoms with Crippen LogP contribution in [0.3, 0.4) is 0 Å². The molecule has 3 heterocycles. The van der Waals surface area contributed by atoms with E-state index in [4.69, 9.17) is 4.98 Å². The highest BCUT2D eigenvalue weighted by Gasteiger charge is 2.25. The van der Waals surface area contributed by atoms with Gasteiger partial charge >= 0.3 is 0 Å². The predicted octanol–water partition coefficient (Wildman–Crippen LogP) is 3.30. The number of nitrogens with zero attached hydrogens (tertiary/aromatic N) is 5. The van der Waals surface area contributed by atoms with Gasteiger partial charge in [-0.05, 0) is 26.2 Å². The highest BCUT2D eigenvalue weighted by atomic mass is 16.1. The third-order valence-electron chi connectivity index (χ3n) is 5.42. The van der Waals surface area contributed by atoms with Crippen LogP contribution in [0.4, 0.5) is 0 Å². The summed E-state index contributed by atoms with van der Waals surface area (Å²) in [4.78, 5) is 26.6. The Morgan fingerprint density at radius 3 is 2.86 bits per heavy atom. The largest absolute Gasteiger partial charge is 0.345 e. The maximum atomic E-state index is 13.0. The van der Waals surface area contributed by atoms with Crippen molar-refractivity contribution in [2.75, 3.05) is 0 Å². The third-order valence-corrected chi connectivity index (χ3v) is 5.42. The molecule has 3 aromatic heterocycles. The summed E-state index contributed by atoms with van der Waals surface area (Å²) >= 11 is 0. The number of benzene rings is 1. The van der Waals surface area contributed by atoms with Crippen LogP contribution in [0.25, 0.3) is 17.0 Å². The molecule has 0 saturated carbocycles. The minimum atomic E-state index is -0.155. The molecule has 1 aliphatic rings. The summed E-state index contributed by atoms with van der Waals surface area (Å²) < 4.78 is 1.68. The Morgan fingerprint density at radius 1 is 1.14 bits per heavy atom. The van der Waals surface area contributed by atoms with E-state index in [1.165, 1.54) is 0 Å². The minimum Gasteiger partial charge on any atom is -0.345 e. The molecule has 0 aliphatic heterocycles. The average molecular weight is 384 g/mol. The van der Waals surface area contributed by atoms with Gasteiger partial charge in [0, 0.05) is 35.3 Å². The Hall–Kier alpha value is -3.61. The number of carbonyl (C=O) groups excluding carboxylic acids is 1. The van der Waals surface area contributed by atoms with Crippen molar-refractivity contribution in [3.8, 4) is 11.4 Å². The summed E-state index contributed by atoms with van der Waals surface area (Å²) in [6.45, 7) is 1.88.